The Bertz CT molecular complexity index is 722. The second-order valence-corrected chi connectivity index (χ2v) is 4.16. The Morgan fingerprint density at radius 3 is 2.80 bits per heavy atom. The van der Waals surface area contributed by atoms with Gasteiger partial charge in [0.2, 0.25) is 0 Å². The number of fused-ring (bicyclic) bond motifs is 1. The highest BCUT2D eigenvalue weighted by molar-refractivity contribution is 5.79. The third-order valence-corrected chi connectivity index (χ3v) is 2.72. The van der Waals surface area contributed by atoms with Gasteiger partial charge in [-0.15, -0.1) is 0 Å². The molecule has 0 radical (unpaired) electrons. The van der Waals surface area contributed by atoms with Crippen LogP contribution in [0.2, 0.25) is 0 Å². The standard InChI is InChI=1S/C15H12N2O3/c18-15(9-19-11-4-2-1-3-5-11)20-12-6-7-13-14(8-12)17-10-16-13/h1-8,10H,9H2,(H,16,17). The first-order chi connectivity index (χ1) is 9.81. The summed E-state index contributed by atoms with van der Waals surface area (Å²) in [6.45, 7) is -0.134. The van der Waals surface area contributed by atoms with E-state index in [4.69, 9.17) is 9.47 Å². The Morgan fingerprint density at radius 2 is 1.95 bits per heavy atom. The van der Waals surface area contributed by atoms with Gasteiger partial charge in [-0.25, -0.2) is 9.78 Å². The van der Waals surface area contributed by atoms with Crippen molar-refractivity contribution in [2.24, 2.45) is 0 Å². The molecule has 3 rings (SSSR count). The lowest BCUT2D eigenvalue weighted by molar-refractivity contribution is -0.136. The summed E-state index contributed by atoms with van der Waals surface area (Å²) in [7, 11) is 0. The molecule has 0 saturated heterocycles. The van der Waals surface area contributed by atoms with Gasteiger partial charge < -0.3 is 14.5 Å². The molecular weight excluding hydrogens is 256 g/mol. The number of esters is 1. The highest BCUT2D eigenvalue weighted by atomic mass is 16.6. The van der Waals surface area contributed by atoms with Gasteiger partial charge in [-0.3, -0.25) is 0 Å². The zero-order valence-electron chi connectivity index (χ0n) is 10.6. The van der Waals surface area contributed by atoms with E-state index in [2.05, 4.69) is 9.97 Å². The molecule has 0 saturated carbocycles. The van der Waals surface area contributed by atoms with Crippen LogP contribution >= 0.6 is 0 Å². The number of nitrogens with one attached hydrogen (secondary N) is 1. The van der Waals surface area contributed by atoms with E-state index in [9.17, 15) is 4.79 Å². The monoisotopic (exact) mass is 268 g/mol. The molecule has 1 heterocycles. The highest BCUT2D eigenvalue weighted by Gasteiger charge is 2.07. The first-order valence-corrected chi connectivity index (χ1v) is 6.13. The van der Waals surface area contributed by atoms with Gasteiger partial charge in [0.15, 0.2) is 6.61 Å². The molecule has 0 fully saturated rings. The van der Waals surface area contributed by atoms with Crippen molar-refractivity contribution in [1.82, 2.24) is 9.97 Å². The van der Waals surface area contributed by atoms with E-state index < -0.39 is 5.97 Å². The summed E-state index contributed by atoms with van der Waals surface area (Å²) in [5.74, 6) is 0.643. The number of carbonyl (C=O) groups excluding carboxylic acids is 1. The Kier molecular flexibility index (Phi) is 3.33. The van der Waals surface area contributed by atoms with E-state index in [0.717, 1.165) is 11.0 Å². The van der Waals surface area contributed by atoms with Crippen LogP contribution in [0.1, 0.15) is 0 Å². The third-order valence-electron chi connectivity index (χ3n) is 2.72. The Morgan fingerprint density at radius 1 is 1.10 bits per heavy atom. The van der Waals surface area contributed by atoms with Crippen LogP contribution in [0.15, 0.2) is 54.9 Å². The zero-order valence-corrected chi connectivity index (χ0v) is 10.6. The fraction of sp³-hybridized carbons (Fsp3) is 0.0667. The van der Waals surface area contributed by atoms with Crippen LogP contribution in [-0.4, -0.2) is 22.5 Å². The first-order valence-electron chi connectivity index (χ1n) is 6.13. The molecule has 1 aromatic heterocycles. The summed E-state index contributed by atoms with van der Waals surface area (Å²) < 4.78 is 10.5. The van der Waals surface area contributed by atoms with Gasteiger partial charge in [0, 0.05) is 6.07 Å². The molecule has 20 heavy (non-hydrogen) atoms. The molecule has 3 aromatic rings. The number of ether oxygens (including phenoxy) is 2. The number of nitrogens with zero attached hydrogens (tertiary/aromatic N) is 1. The van der Waals surface area contributed by atoms with Gasteiger partial charge in [-0.2, -0.15) is 0 Å². The number of imidazole rings is 1. The summed E-state index contributed by atoms with van der Waals surface area (Å²) in [6, 6.07) is 14.3. The lowest BCUT2D eigenvalue weighted by atomic mass is 10.3. The van der Waals surface area contributed by atoms with E-state index in [1.54, 1.807) is 36.7 Å². The van der Waals surface area contributed by atoms with Crippen molar-refractivity contribution < 1.29 is 14.3 Å². The van der Waals surface area contributed by atoms with E-state index in [-0.39, 0.29) is 6.61 Å². The van der Waals surface area contributed by atoms with Crippen LogP contribution < -0.4 is 9.47 Å². The molecule has 0 spiro atoms. The molecule has 0 aliphatic rings. The fourth-order valence-electron chi connectivity index (χ4n) is 1.80. The molecular formula is C15H12N2O3. The van der Waals surface area contributed by atoms with Crippen molar-refractivity contribution in [3.8, 4) is 11.5 Å². The molecule has 1 N–H and O–H groups in total. The van der Waals surface area contributed by atoms with Crippen LogP contribution in [0, 0.1) is 0 Å². The van der Waals surface area contributed by atoms with E-state index >= 15 is 0 Å². The lowest BCUT2D eigenvalue weighted by Crippen LogP contribution is -2.17. The van der Waals surface area contributed by atoms with Gasteiger partial charge >= 0.3 is 5.97 Å². The summed E-state index contributed by atoms with van der Waals surface area (Å²) >= 11 is 0. The van der Waals surface area contributed by atoms with Crippen LogP contribution in [0.4, 0.5) is 0 Å². The summed E-state index contributed by atoms with van der Waals surface area (Å²) in [4.78, 5) is 18.7. The van der Waals surface area contributed by atoms with Crippen LogP contribution in [0.25, 0.3) is 11.0 Å². The predicted octanol–water partition coefficient (Wildman–Crippen LogP) is 2.55. The van der Waals surface area contributed by atoms with Gasteiger partial charge in [0.25, 0.3) is 0 Å². The second-order valence-electron chi connectivity index (χ2n) is 4.16. The molecule has 2 aromatic carbocycles. The average Bonchev–Trinajstić information content (AvgIpc) is 2.94. The largest absolute Gasteiger partial charge is 0.482 e. The molecule has 0 unspecified atom stereocenters. The molecule has 100 valence electrons. The van der Waals surface area contributed by atoms with Crippen molar-refractivity contribution >= 4 is 17.0 Å². The quantitative estimate of drug-likeness (QED) is 0.583. The van der Waals surface area contributed by atoms with E-state index in [1.165, 1.54) is 0 Å². The minimum absolute atomic E-state index is 0.134. The topological polar surface area (TPSA) is 64.2 Å². The van der Waals surface area contributed by atoms with Crippen LogP contribution in [-0.2, 0) is 4.79 Å². The Labute approximate surface area is 115 Å². The van der Waals surface area contributed by atoms with Gasteiger partial charge in [0.05, 0.1) is 17.4 Å². The number of para-hydroxylation sites is 1. The predicted molar refractivity (Wildman–Crippen MR) is 73.7 cm³/mol. The number of aromatic nitrogens is 2. The van der Waals surface area contributed by atoms with Crippen molar-refractivity contribution in [3.63, 3.8) is 0 Å². The van der Waals surface area contributed by atoms with Crippen molar-refractivity contribution in [2.75, 3.05) is 6.61 Å². The Hall–Kier alpha value is -2.82. The van der Waals surface area contributed by atoms with Crippen LogP contribution in [0.5, 0.6) is 11.5 Å². The highest BCUT2D eigenvalue weighted by Crippen LogP contribution is 2.18. The molecule has 5 nitrogen and oxygen atoms in total. The van der Waals surface area contributed by atoms with Gasteiger partial charge in [-0.1, -0.05) is 18.2 Å². The zero-order chi connectivity index (χ0) is 13.8. The maximum atomic E-state index is 11.7. The Balaban J connectivity index is 1.61. The van der Waals surface area contributed by atoms with Crippen molar-refractivity contribution in [2.45, 2.75) is 0 Å². The maximum absolute atomic E-state index is 11.7. The molecule has 5 heteroatoms. The van der Waals surface area contributed by atoms with Crippen molar-refractivity contribution in [3.05, 3.63) is 54.9 Å². The molecule has 0 aliphatic carbocycles. The van der Waals surface area contributed by atoms with E-state index in [1.807, 2.05) is 18.2 Å². The maximum Gasteiger partial charge on any atom is 0.349 e. The number of benzene rings is 2. The average molecular weight is 268 g/mol. The van der Waals surface area contributed by atoms with Crippen molar-refractivity contribution in [1.29, 1.82) is 0 Å². The fourth-order valence-corrected chi connectivity index (χ4v) is 1.80. The van der Waals surface area contributed by atoms with E-state index in [0.29, 0.717) is 11.5 Å². The molecule has 0 atom stereocenters. The SMILES string of the molecule is O=C(COc1ccccc1)Oc1ccc2nc[nH]c2c1. The minimum atomic E-state index is -0.451. The summed E-state index contributed by atoms with van der Waals surface area (Å²) in [5, 5.41) is 0. The normalized spacial score (nSPS) is 10.4. The molecule has 0 aliphatic heterocycles. The van der Waals surface area contributed by atoms with Gasteiger partial charge in [0.1, 0.15) is 11.5 Å². The number of hydrogen-bond acceptors (Lipinski definition) is 4. The number of H-pyrrole nitrogens is 1. The number of carbonyl (C=O) groups is 1. The minimum Gasteiger partial charge on any atom is -0.482 e. The number of hydrogen-bond donors (Lipinski definition) is 1. The lowest BCUT2D eigenvalue weighted by Gasteiger charge is -2.06. The number of aromatic amines is 1. The second kappa shape index (κ2) is 5.44. The third kappa shape index (κ3) is 2.77. The molecule has 0 amide bonds. The first kappa shape index (κ1) is 12.2. The number of rotatable bonds is 4. The molecule has 0 bridgehead atoms. The van der Waals surface area contributed by atoms with Crippen LogP contribution in [0.3, 0.4) is 0 Å². The summed E-state index contributed by atoms with van der Waals surface area (Å²) in [6.07, 6.45) is 1.59. The van der Waals surface area contributed by atoms with Gasteiger partial charge in [-0.05, 0) is 24.3 Å². The summed E-state index contributed by atoms with van der Waals surface area (Å²) in [5.41, 5.74) is 1.64. The smallest absolute Gasteiger partial charge is 0.349 e.